The molecule has 0 aromatic heterocycles. The first kappa shape index (κ1) is 13.1. The van der Waals surface area contributed by atoms with Crippen molar-refractivity contribution >= 4 is 17.3 Å². The van der Waals surface area contributed by atoms with Gasteiger partial charge in [0.05, 0.1) is 32.0 Å². The molecule has 1 aromatic rings. The first-order chi connectivity index (χ1) is 8.08. The maximum atomic E-state index is 13.2. The Morgan fingerprint density at radius 1 is 1.47 bits per heavy atom. The number of carbonyl (C=O) groups is 1. The maximum Gasteiger partial charge on any atom is 0.307 e. The summed E-state index contributed by atoms with van der Waals surface area (Å²) in [6.45, 7) is 0.353. The molecule has 3 N–H and O–H groups in total. The van der Waals surface area contributed by atoms with Crippen LogP contribution in [0.5, 0.6) is 5.75 Å². The minimum atomic E-state index is -0.525. The number of carbonyl (C=O) groups excluding carboxylic acids is 1. The molecule has 1 aromatic carbocycles. The van der Waals surface area contributed by atoms with E-state index < -0.39 is 5.82 Å². The lowest BCUT2D eigenvalue weighted by Gasteiger charge is -2.11. The van der Waals surface area contributed by atoms with Crippen molar-refractivity contribution in [2.75, 3.05) is 31.8 Å². The molecule has 0 saturated carbocycles. The van der Waals surface area contributed by atoms with Crippen LogP contribution in [-0.4, -0.2) is 26.7 Å². The zero-order valence-corrected chi connectivity index (χ0v) is 9.75. The fraction of sp³-hybridized carbons (Fsp3) is 0.364. The van der Waals surface area contributed by atoms with Gasteiger partial charge in [-0.1, -0.05) is 0 Å². The fourth-order valence-corrected chi connectivity index (χ4v) is 1.28. The Morgan fingerprint density at radius 3 is 2.76 bits per heavy atom. The van der Waals surface area contributed by atoms with Gasteiger partial charge in [0.2, 0.25) is 0 Å². The molecule has 0 aliphatic carbocycles. The second-order valence-electron chi connectivity index (χ2n) is 3.33. The third kappa shape index (κ3) is 3.51. The van der Waals surface area contributed by atoms with E-state index in [-0.39, 0.29) is 23.8 Å². The summed E-state index contributed by atoms with van der Waals surface area (Å²) in [7, 11) is 2.68. The summed E-state index contributed by atoms with van der Waals surface area (Å²) in [5.74, 6) is -0.756. The van der Waals surface area contributed by atoms with Gasteiger partial charge in [0, 0.05) is 18.7 Å². The first-order valence-corrected chi connectivity index (χ1v) is 5.02. The summed E-state index contributed by atoms with van der Waals surface area (Å²) in [5.41, 5.74) is 6.40. The minimum absolute atomic E-state index is 0.0970. The Kier molecular flexibility index (Phi) is 4.56. The second kappa shape index (κ2) is 5.93. The van der Waals surface area contributed by atoms with Gasteiger partial charge >= 0.3 is 5.97 Å². The molecule has 6 heteroatoms. The van der Waals surface area contributed by atoms with E-state index in [9.17, 15) is 9.18 Å². The van der Waals surface area contributed by atoms with E-state index in [1.807, 2.05) is 0 Å². The average Bonchev–Trinajstić information content (AvgIpc) is 2.31. The molecule has 0 atom stereocenters. The van der Waals surface area contributed by atoms with Crippen molar-refractivity contribution in [2.24, 2.45) is 0 Å². The highest BCUT2D eigenvalue weighted by Gasteiger charge is 2.08. The number of nitrogens with one attached hydrogen (secondary N) is 1. The quantitative estimate of drug-likeness (QED) is 0.603. The number of nitrogen functional groups attached to an aromatic ring is 1. The van der Waals surface area contributed by atoms with Crippen molar-refractivity contribution in [1.29, 1.82) is 0 Å². The molecule has 5 nitrogen and oxygen atoms in total. The van der Waals surface area contributed by atoms with Crippen molar-refractivity contribution in [3.63, 3.8) is 0 Å². The number of halogens is 1. The zero-order chi connectivity index (χ0) is 12.8. The number of methoxy groups -OCH3 is 2. The van der Waals surface area contributed by atoms with Crippen molar-refractivity contribution in [3.05, 3.63) is 17.9 Å². The molecular weight excluding hydrogens is 227 g/mol. The van der Waals surface area contributed by atoms with Gasteiger partial charge in [0.15, 0.2) is 11.6 Å². The summed E-state index contributed by atoms with van der Waals surface area (Å²) in [6, 6.07) is 2.61. The largest absolute Gasteiger partial charge is 0.494 e. The topological polar surface area (TPSA) is 73.6 Å². The molecule has 0 radical (unpaired) electrons. The lowest BCUT2D eigenvalue weighted by Crippen LogP contribution is -2.11. The van der Waals surface area contributed by atoms with E-state index >= 15 is 0 Å². The van der Waals surface area contributed by atoms with Crippen molar-refractivity contribution < 1.29 is 18.7 Å². The number of hydrogen-bond donors (Lipinski definition) is 2. The lowest BCUT2D eigenvalue weighted by atomic mass is 10.2. The summed E-state index contributed by atoms with van der Waals surface area (Å²) in [4.78, 5) is 10.9. The van der Waals surface area contributed by atoms with E-state index in [1.165, 1.54) is 26.4 Å². The van der Waals surface area contributed by atoms with E-state index in [2.05, 4.69) is 10.1 Å². The monoisotopic (exact) mass is 242 g/mol. The molecule has 0 aliphatic rings. The fourth-order valence-electron chi connectivity index (χ4n) is 1.28. The third-order valence-corrected chi connectivity index (χ3v) is 2.20. The molecule has 0 unspecified atom stereocenters. The van der Waals surface area contributed by atoms with E-state index in [1.54, 1.807) is 0 Å². The van der Waals surface area contributed by atoms with Gasteiger partial charge < -0.3 is 20.5 Å². The molecule has 0 fully saturated rings. The Bertz CT molecular complexity index is 410. The molecule has 0 spiro atoms. The SMILES string of the molecule is COC(=O)CCNc1cc(OC)c(F)cc1N. The summed E-state index contributed by atoms with van der Waals surface area (Å²) in [5, 5.41) is 2.91. The Labute approximate surface area is 98.7 Å². The van der Waals surface area contributed by atoms with Gasteiger partial charge in [-0.2, -0.15) is 0 Å². The number of anilines is 2. The van der Waals surface area contributed by atoms with E-state index in [0.29, 0.717) is 12.2 Å². The van der Waals surface area contributed by atoms with Crippen molar-refractivity contribution in [1.82, 2.24) is 0 Å². The van der Waals surface area contributed by atoms with Gasteiger partial charge in [0.1, 0.15) is 0 Å². The molecule has 94 valence electrons. The van der Waals surface area contributed by atoms with Crippen molar-refractivity contribution in [2.45, 2.75) is 6.42 Å². The van der Waals surface area contributed by atoms with Crippen LogP contribution in [0.15, 0.2) is 12.1 Å². The highest BCUT2D eigenvalue weighted by molar-refractivity contribution is 5.72. The van der Waals surface area contributed by atoms with Crippen LogP contribution in [0.4, 0.5) is 15.8 Å². The first-order valence-electron chi connectivity index (χ1n) is 5.02. The smallest absolute Gasteiger partial charge is 0.307 e. The van der Waals surface area contributed by atoms with Crippen LogP contribution < -0.4 is 15.8 Å². The molecular formula is C11H15FN2O3. The van der Waals surface area contributed by atoms with E-state index in [4.69, 9.17) is 10.5 Å². The van der Waals surface area contributed by atoms with Crippen LogP contribution in [0, 0.1) is 5.82 Å². The molecule has 0 saturated heterocycles. The number of benzene rings is 1. The molecule has 0 bridgehead atoms. The normalized spacial score (nSPS) is 9.82. The predicted octanol–water partition coefficient (Wildman–Crippen LogP) is 1.39. The standard InChI is InChI=1S/C11H15FN2O3/c1-16-10-6-9(8(13)5-7(10)12)14-4-3-11(15)17-2/h5-6,14H,3-4,13H2,1-2H3. The molecule has 0 aliphatic heterocycles. The number of hydrogen-bond acceptors (Lipinski definition) is 5. The molecule has 0 amide bonds. The van der Waals surface area contributed by atoms with Crippen LogP contribution in [0.25, 0.3) is 0 Å². The van der Waals surface area contributed by atoms with Gasteiger partial charge in [-0.3, -0.25) is 4.79 Å². The Morgan fingerprint density at radius 2 is 2.18 bits per heavy atom. The van der Waals surface area contributed by atoms with Gasteiger partial charge in [-0.25, -0.2) is 4.39 Å². The summed E-state index contributed by atoms with van der Waals surface area (Å²) < 4.78 is 22.5. The van der Waals surface area contributed by atoms with Gasteiger partial charge in [-0.05, 0) is 0 Å². The Balaban J connectivity index is 2.67. The number of nitrogens with two attached hydrogens (primary N) is 1. The number of esters is 1. The molecule has 17 heavy (non-hydrogen) atoms. The number of rotatable bonds is 5. The van der Waals surface area contributed by atoms with Crippen LogP contribution in [0.2, 0.25) is 0 Å². The number of ether oxygens (including phenoxy) is 2. The molecule has 1 rings (SSSR count). The van der Waals surface area contributed by atoms with Crippen LogP contribution in [0.1, 0.15) is 6.42 Å². The zero-order valence-electron chi connectivity index (χ0n) is 9.75. The minimum Gasteiger partial charge on any atom is -0.494 e. The third-order valence-electron chi connectivity index (χ3n) is 2.20. The van der Waals surface area contributed by atoms with Crippen molar-refractivity contribution in [3.8, 4) is 5.75 Å². The van der Waals surface area contributed by atoms with Crippen LogP contribution in [-0.2, 0) is 9.53 Å². The second-order valence-corrected chi connectivity index (χ2v) is 3.33. The lowest BCUT2D eigenvalue weighted by molar-refractivity contribution is -0.140. The maximum absolute atomic E-state index is 13.2. The highest BCUT2D eigenvalue weighted by atomic mass is 19.1. The van der Waals surface area contributed by atoms with Crippen LogP contribution >= 0.6 is 0 Å². The summed E-state index contributed by atoms with van der Waals surface area (Å²) >= 11 is 0. The van der Waals surface area contributed by atoms with Gasteiger partial charge in [-0.15, -0.1) is 0 Å². The average molecular weight is 242 g/mol. The van der Waals surface area contributed by atoms with Crippen LogP contribution in [0.3, 0.4) is 0 Å². The highest BCUT2D eigenvalue weighted by Crippen LogP contribution is 2.27. The predicted molar refractivity (Wildman–Crippen MR) is 62.5 cm³/mol. The van der Waals surface area contributed by atoms with Gasteiger partial charge in [0.25, 0.3) is 0 Å². The Hall–Kier alpha value is -1.98. The van der Waals surface area contributed by atoms with E-state index in [0.717, 1.165) is 0 Å². The summed E-state index contributed by atoms with van der Waals surface area (Å²) in [6.07, 6.45) is 0.204. The molecule has 0 heterocycles.